The second kappa shape index (κ2) is 4.32. The van der Waals surface area contributed by atoms with E-state index in [0.29, 0.717) is 12.0 Å². The molecule has 1 aromatic rings. The Morgan fingerprint density at radius 2 is 1.93 bits per heavy atom. The van der Waals surface area contributed by atoms with E-state index in [9.17, 15) is 4.39 Å². The van der Waals surface area contributed by atoms with Gasteiger partial charge in [-0.2, -0.15) is 0 Å². The lowest BCUT2D eigenvalue weighted by Gasteiger charge is -2.23. The maximum absolute atomic E-state index is 12.5. The second-order valence-corrected chi connectivity index (χ2v) is 3.39. The van der Waals surface area contributed by atoms with Crippen molar-refractivity contribution in [2.24, 2.45) is 0 Å². The Hall–Kier alpha value is -1.23. The van der Waals surface area contributed by atoms with E-state index < -0.39 is 5.82 Å². The molecule has 1 saturated heterocycles. The molecule has 4 nitrogen and oxygen atoms in total. The summed E-state index contributed by atoms with van der Waals surface area (Å²) in [5.74, 6) is 0.110. The fourth-order valence-corrected chi connectivity index (χ4v) is 1.54. The Balaban J connectivity index is 1.92. The second-order valence-electron chi connectivity index (χ2n) is 3.39. The summed E-state index contributed by atoms with van der Waals surface area (Å²) in [6.45, 7) is 2.03. The molecule has 76 valence electrons. The molecular formula is C9H13FN4. The van der Waals surface area contributed by atoms with Crippen molar-refractivity contribution in [2.45, 2.75) is 18.9 Å². The van der Waals surface area contributed by atoms with Crippen molar-refractivity contribution >= 4 is 5.95 Å². The van der Waals surface area contributed by atoms with Crippen LogP contribution < -0.4 is 10.6 Å². The highest BCUT2D eigenvalue weighted by Crippen LogP contribution is 2.08. The van der Waals surface area contributed by atoms with Gasteiger partial charge in [0.05, 0.1) is 12.4 Å². The van der Waals surface area contributed by atoms with E-state index in [1.54, 1.807) is 0 Å². The summed E-state index contributed by atoms with van der Waals surface area (Å²) in [4.78, 5) is 7.71. The molecule has 0 radical (unpaired) electrons. The minimum atomic E-state index is -0.402. The van der Waals surface area contributed by atoms with Crippen molar-refractivity contribution in [2.75, 3.05) is 18.4 Å². The van der Waals surface area contributed by atoms with Gasteiger partial charge in [0.15, 0.2) is 5.82 Å². The molecular weight excluding hydrogens is 183 g/mol. The van der Waals surface area contributed by atoms with Gasteiger partial charge in [-0.25, -0.2) is 14.4 Å². The molecule has 0 saturated carbocycles. The van der Waals surface area contributed by atoms with Crippen LogP contribution in [0.4, 0.5) is 10.3 Å². The minimum Gasteiger partial charge on any atom is -0.351 e. The third-order valence-corrected chi connectivity index (χ3v) is 2.29. The fourth-order valence-electron chi connectivity index (χ4n) is 1.54. The molecule has 1 aliphatic rings. The van der Waals surface area contributed by atoms with Gasteiger partial charge < -0.3 is 10.6 Å². The zero-order valence-corrected chi connectivity index (χ0v) is 7.83. The molecule has 2 heterocycles. The molecule has 0 amide bonds. The summed E-state index contributed by atoms with van der Waals surface area (Å²) in [5.41, 5.74) is 0. The van der Waals surface area contributed by atoms with E-state index in [1.807, 2.05) is 0 Å². The topological polar surface area (TPSA) is 49.8 Å². The molecule has 0 unspecified atom stereocenters. The first kappa shape index (κ1) is 9.33. The predicted octanol–water partition coefficient (Wildman–Crippen LogP) is 0.780. The van der Waals surface area contributed by atoms with E-state index in [0.717, 1.165) is 25.9 Å². The summed E-state index contributed by atoms with van der Waals surface area (Å²) in [5, 5.41) is 6.45. The van der Waals surface area contributed by atoms with Crippen LogP contribution in [0.3, 0.4) is 0 Å². The van der Waals surface area contributed by atoms with Crippen molar-refractivity contribution in [3.63, 3.8) is 0 Å². The molecule has 2 rings (SSSR count). The highest BCUT2D eigenvalue weighted by atomic mass is 19.1. The van der Waals surface area contributed by atoms with Crippen molar-refractivity contribution in [3.8, 4) is 0 Å². The number of hydrogen-bond donors (Lipinski definition) is 2. The number of nitrogens with one attached hydrogen (secondary N) is 2. The Morgan fingerprint density at radius 1 is 1.29 bits per heavy atom. The zero-order valence-electron chi connectivity index (χ0n) is 7.83. The number of anilines is 1. The number of halogens is 1. The molecule has 0 aromatic carbocycles. The molecule has 0 atom stereocenters. The third-order valence-electron chi connectivity index (χ3n) is 2.29. The fraction of sp³-hybridized carbons (Fsp3) is 0.556. The van der Waals surface area contributed by atoms with Crippen LogP contribution in [0.15, 0.2) is 12.4 Å². The van der Waals surface area contributed by atoms with Crippen molar-refractivity contribution in [3.05, 3.63) is 18.2 Å². The largest absolute Gasteiger partial charge is 0.351 e. The Labute approximate surface area is 82.0 Å². The van der Waals surface area contributed by atoms with Gasteiger partial charge >= 0.3 is 0 Å². The highest BCUT2D eigenvalue weighted by molar-refractivity contribution is 5.24. The first-order chi connectivity index (χ1) is 6.84. The zero-order chi connectivity index (χ0) is 9.80. The van der Waals surface area contributed by atoms with Crippen LogP contribution in [-0.2, 0) is 0 Å². The van der Waals surface area contributed by atoms with E-state index in [-0.39, 0.29) is 0 Å². The number of hydrogen-bond acceptors (Lipinski definition) is 4. The summed E-state index contributed by atoms with van der Waals surface area (Å²) in [7, 11) is 0. The van der Waals surface area contributed by atoms with Gasteiger partial charge in [-0.1, -0.05) is 0 Å². The monoisotopic (exact) mass is 196 g/mol. The van der Waals surface area contributed by atoms with Gasteiger partial charge in [-0.05, 0) is 25.9 Å². The van der Waals surface area contributed by atoms with E-state index in [1.165, 1.54) is 12.4 Å². The van der Waals surface area contributed by atoms with Gasteiger partial charge in [0.25, 0.3) is 0 Å². The minimum absolute atomic E-state index is 0.402. The Bertz CT molecular complexity index is 281. The maximum Gasteiger partial charge on any atom is 0.222 e. The number of rotatable bonds is 2. The summed E-state index contributed by atoms with van der Waals surface area (Å²) >= 11 is 0. The van der Waals surface area contributed by atoms with Crippen molar-refractivity contribution in [1.82, 2.24) is 15.3 Å². The van der Waals surface area contributed by atoms with Crippen LogP contribution in [0, 0.1) is 5.82 Å². The molecule has 14 heavy (non-hydrogen) atoms. The number of aromatic nitrogens is 2. The van der Waals surface area contributed by atoms with Gasteiger partial charge in [-0.15, -0.1) is 0 Å². The van der Waals surface area contributed by atoms with Crippen LogP contribution >= 0.6 is 0 Å². The average molecular weight is 196 g/mol. The lowest BCUT2D eigenvalue weighted by atomic mass is 10.1. The number of piperidine rings is 1. The summed E-state index contributed by atoms with van der Waals surface area (Å²) in [6.07, 6.45) is 4.47. The van der Waals surface area contributed by atoms with Crippen LogP contribution in [0.2, 0.25) is 0 Å². The normalized spacial score (nSPS) is 18.1. The maximum atomic E-state index is 12.5. The predicted molar refractivity (Wildman–Crippen MR) is 51.5 cm³/mol. The Morgan fingerprint density at radius 3 is 2.57 bits per heavy atom. The van der Waals surface area contributed by atoms with E-state index in [4.69, 9.17) is 0 Å². The van der Waals surface area contributed by atoms with Gasteiger partial charge in [-0.3, -0.25) is 0 Å². The molecule has 0 aliphatic carbocycles. The average Bonchev–Trinajstić information content (AvgIpc) is 2.23. The first-order valence-electron chi connectivity index (χ1n) is 4.79. The van der Waals surface area contributed by atoms with Crippen molar-refractivity contribution in [1.29, 1.82) is 0 Å². The van der Waals surface area contributed by atoms with Crippen LogP contribution in [0.5, 0.6) is 0 Å². The van der Waals surface area contributed by atoms with Crippen LogP contribution in [-0.4, -0.2) is 29.1 Å². The molecule has 1 aromatic heterocycles. The summed E-state index contributed by atoms with van der Waals surface area (Å²) in [6, 6.07) is 0.404. The Kier molecular flexibility index (Phi) is 2.88. The molecule has 0 bridgehead atoms. The molecule has 1 fully saturated rings. The van der Waals surface area contributed by atoms with Gasteiger partial charge in [0.1, 0.15) is 0 Å². The quantitative estimate of drug-likeness (QED) is 0.734. The van der Waals surface area contributed by atoms with Gasteiger partial charge in [0, 0.05) is 6.04 Å². The van der Waals surface area contributed by atoms with Gasteiger partial charge in [0.2, 0.25) is 5.95 Å². The third kappa shape index (κ3) is 2.38. The van der Waals surface area contributed by atoms with Crippen LogP contribution in [0.1, 0.15) is 12.8 Å². The lowest BCUT2D eigenvalue weighted by Crippen LogP contribution is -2.35. The smallest absolute Gasteiger partial charge is 0.222 e. The lowest BCUT2D eigenvalue weighted by molar-refractivity contribution is 0.476. The number of nitrogens with zero attached hydrogens (tertiary/aromatic N) is 2. The molecule has 1 aliphatic heterocycles. The van der Waals surface area contributed by atoms with E-state index >= 15 is 0 Å². The van der Waals surface area contributed by atoms with Crippen molar-refractivity contribution < 1.29 is 4.39 Å². The van der Waals surface area contributed by atoms with Crippen LogP contribution in [0.25, 0.3) is 0 Å². The molecule has 2 N–H and O–H groups in total. The SMILES string of the molecule is Fc1cnc(NC2CCNCC2)nc1. The molecule has 0 spiro atoms. The first-order valence-corrected chi connectivity index (χ1v) is 4.79. The summed E-state index contributed by atoms with van der Waals surface area (Å²) < 4.78 is 12.5. The standard InChI is InChI=1S/C9H13FN4/c10-7-5-12-9(13-6-7)14-8-1-3-11-4-2-8/h5-6,8,11H,1-4H2,(H,12,13,14). The highest BCUT2D eigenvalue weighted by Gasteiger charge is 2.13. The van der Waals surface area contributed by atoms with E-state index in [2.05, 4.69) is 20.6 Å². The molecule has 5 heteroatoms.